The summed E-state index contributed by atoms with van der Waals surface area (Å²) in [7, 11) is 3.56. The lowest BCUT2D eigenvalue weighted by Gasteiger charge is -2.27. The smallest absolute Gasteiger partial charge is 0.238 e. The number of hydrogen-bond acceptors (Lipinski definition) is 4. The Bertz CT molecular complexity index is 1010. The van der Waals surface area contributed by atoms with Gasteiger partial charge in [-0.25, -0.2) is 0 Å². The van der Waals surface area contributed by atoms with E-state index in [0.29, 0.717) is 11.4 Å². The number of para-hydroxylation sites is 1. The van der Waals surface area contributed by atoms with Crippen molar-refractivity contribution < 1.29 is 14.3 Å². The summed E-state index contributed by atoms with van der Waals surface area (Å²) in [5, 5.41) is 1.96. The zero-order chi connectivity index (χ0) is 18.3. The van der Waals surface area contributed by atoms with Crippen molar-refractivity contribution in [1.29, 1.82) is 0 Å². The third-order valence-electron chi connectivity index (χ3n) is 4.73. The second kappa shape index (κ2) is 6.53. The average molecular weight is 366 g/mol. The van der Waals surface area contributed by atoms with E-state index in [1.54, 1.807) is 18.1 Å². The molecule has 6 heteroatoms. The van der Waals surface area contributed by atoms with Crippen LogP contribution in [0.1, 0.15) is 11.6 Å². The molecule has 1 atom stereocenters. The number of carbonyl (C=O) groups is 2. The van der Waals surface area contributed by atoms with Gasteiger partial charge in [0.25, 0.3) is 0 Å². The lowest BCUT2D eigenvalue weighted by molar-refractivity contribution is -0.119. The molecule has 1 aromatic heterocycles. The van der Waals surface area contributed by atoms with Crippen molar-refractivity contribution in [3.8, 4) is 5.75 Å². The molecule has 0 bridgehead atoms. The molecule has 5 nitrogen and oxygen atoms in total. The molecule has 1 amide bonds. The SMILES string of the molecule is COc1cccc(N2C(=O)CSc3c(c4ccccc4n3C)C2C=O)c1. The standard InChI is InChI=1S/C20H18N2O3S/c1-21-16-9-4-3-8-15(16)19-17(11-23)22(18(24)12-26-20(19)21)13-6-5-7-14(10-13)25-2/h3-11,17H,12H2,1-2H3. The number of amides is 1. The number of thioether (sulfide) groups is 1. The molecule has 4 rings (SSSR count). The van der Waals surface area contributed by atoms with Crippen molar-refractivity contribution in [3.63, 3.8) is 0 Å². The van der Waals surface area contributed by atoms with E-state index in [4.69, 9.17) is 4.74 Å². The van der Waals surface area contributed by atoms with Gasteiger partial charge in [-0.15, -0.1) is 0 Å². The molecule has 0 aliphatic carbocycles. The Balaban J connectivity index is 1.95. The minimum absolute atomic E-state index is 0.0966. The Kier molecular flexibility index (Phi) is 4.20. The van der Waals surface area contributed by atoms with Crippen LogP contribution < -0.4 is 9.64 Å². The molecule has 1 aliphatic rings. The Morgan fingerprint density at radius 2 is 2.00 bits per heavy atom. The maximum absolute atomic E-state index is 12.9. The molecular formula is C20H18N2O3S. The van der Waals surface area contributed by atoms with E-state index in [-0.39, 0.29) is 11.7 Å². The number of methoxy groups -OCH3 is 1. The number of carbonyl (C=O) groups excluding carboxylic acids is 2. The van der Waals surface area contributed by atoms with Crippen LogP contribution in [0.5, 0.6) is 5.75 Å². The van der Waals surface area contributed by atoms with Crippen LogP contribution in [0, 0.1) is 0 Å². The quantitative estimate of drug-likeness (QED) is 0.665. The van der Waals surface area contributed by atoms with Crippen molar-refractivity contribution in [3.05, 3.63) is 54.1 Å². The summed E-state index contributed by atoms with van der Waals surface area (Å²) < 4.78 is 7.35. The van der Waals surface area contributed by atoms with Crippen LogP contribution in [-0.4, -0.2) is 29.6 Å². The zero-order valence-electron chi connectivity index (χ0n) is 14.5. The molecule has 1 unspecified atom stereocenters. The fourth-order valence-electron chi connectivity index (χ4n) is 3.54. The lowest BCUT2D eigenvalue weighted by Crippen LogP contribution is -2.35. The number of aromatic nitrogens is 1. The molecule has 0 saturated heterocycles. The largest absolute Gasteiger partial charge is 0.497 e. The van der Waals surface area contributed by atoms with Gasteiger partial charge in [0, 0.05) is 35.3 Å². The van der Waals surface area contributed by atoms with Crippen LogP contribution in [-0.2, 0) is 16.6 Å². The summed E-state index contributed by atoms with van der Waals surface area (Å²) in [6.07, 6.45) is 0.856. The number of nitrogens with zero attached hydrogens (tertiary/aromatic N) is 2. The number of rotatable bonds is 3. The highest BCUT2D eigenvalue weighted by molar-refractivity contribution is 8.00. The fraction of sp³-hybridized carbons (Fsp3) is 0.200. The maximum atomic E-state index is 12.9. The molecule has 3 aromatic rings. The number of hydrogen-bond donors (Lipinski definition) is 0. The van der Waals surface area contributed by atoms with Gasteiger partial charge in [0.15, 0.2) is 0 Å². The number of aryl methyl sites for hydroxylation is 1. The van der Waals surface area contributed by atoms with Crippen LogP contribution in [0.15, 0.2) is 53.6 Å². The van der Waals surface area contributed by atoms with Crippen LogP contribution in [0.2, 0.25) is 0 Å². The summed E-state index contributed by atoms with van der Waals surface area (Å²) in [6.45, 7) is 0. The number of fused-ring (bicyclic) bond motifs is 3. The van der Waals surface area contributed by atoms with E-state index in [1.807, 2.05) is 49.5 Å². The Morgan fingerprint density at radius 1 is 1.19 bits per heavy atom. The molecule has 0 spiro atoms. The summed E-state index contributed by atoms with van der Waals surface area (Å²) in [5.41, 5.74) is 2.60. The van der Waals surface area contributed by atoms with Gasteiger partial charge in [-0.1, -0.05) is 36.0 Å². The maximum Gasteiger partial charge on any atom is 0.238 e. The van der Waals surface area contributed by atoms with Crippen molar-refractivity contribution in [1.82, 2.24) is 4.57 Å². The molecule has 2 heterocycles. The Hall–Kier alpha value is -2.73. The third-order valence-corrected chi connectivity index (χ3v) is 5.88. The van der Waals surface area contributed by atoms with E-state index < -0.39 is 6.04 Å². The van der Waals surface area contributed by atoms with Crippen molar-refractivity contribution in [2.45, 2.75) is 11.1 Å². The first kappa shape index (κ1) is 16.7. The first-order chi connectivity index (χ1) is 12.7. The molecule has 0 saturated carbocycles. The number of aldehydes is 1. The van der Waals surface area contributed by atoms with E-state index in [2.05, 4.69) is 4.57 Å². The summed E-state index contributed by atoms with van der Waals surface area (Å²) >= 11 is 1.48. The molecule has 1 aliphatic heterocycles. The van der Waals surface area contributed by atoms with E-state index in [9.17, 15) is 9.59 Å². The normalized spacial score (nSPS) is 17.1. The van der Waals surface area contributed by atoms with Crippen molar-refractivity contribution >= 4 is 40.5 Å². The zero-order valence-corrected chi connectivity index (χ0v) is 15.3. The molecular weight excluding hydrogens is 348 g/mol. The van der Waals surface area contributed by atoms with Crippen LogP contribution >= 0.6 is 11.8 Å². The molecule has 2 aromatic carbocycles. The number of ether oxygens (including phenoxy) is 1. The molecule has 132 valence electrons. The Morgan fingerprint density at radius 3 is 2.77 bits per heavy atom. The highest BCUT2D eigenvalue weighted by atomic mass is 32.2. The van der Waals surface area contributed by atoms with Gasteiger partial charge in [-0.05, 0) is 18.2 Å². The summed E-state index contributed by atoms with van der Waals surface area (Å²) in [6, 6.07) is 14.6. The predicted molar refractivity (Wildman–Crippen MR) is 103 cm³/mol. The van der Waals surface area contributed by atoms with Crippen molar-refractivity contribution in [2.75, 3.05) is 17.8 Å². The van der Waals surface area contributed by atoms with Gasteiger partial charge in [-0.2, -0.15) is 0 Å². The van der Waals surface area contributed by atoms with Gasteiger partial charge in [-0.3, -0.25) is 9.69 Å². The first-order valence-corrected chi connectivity index (χ1v) is 9.25. The van der Waals surface area contributed by atoms with Gasteiger partial charge < -0.3 is 14.1 Å². The van der Waals surface area contributed by atoms with Gasteiger partial charge in [0.1, 0.15) is 18.1 Å². The van der Waals surface area contributed by atoms with Crippen LogP contribution in [0.4, 0.5) is 5.69 Å². The minimum Gasteiger partial charge on any atom is -0.497 e. The first-order valence-electron chi connectivity index (χ1n) is 8.27. The van der Waals surface area contributed by atoms with Crippen molar-refractivity contribution in [2.24, 2.45) is 7.05 Å². The molecule has 26 heavy (non-hydrogen) atoms. The highest BCUT2D eigenvalue weighted by Gasteiger charge is 2.35. The van der Waals surface area contributed by atoms with E-state index in [1.165, 1.54) is 11.8 Å². The van der Waals surface area contributed by atoms with E-state index >= 15 is 0 Å². The van der Waals surface area contributed by atoms with Gasteiger partial charge in [0.2, 0.25) is 5.91 Å². The van der Waals surface area contributed by atoms with Crippen LogP contribution in [0.3, 0.4) is 0 Å². The molecule has 0 fully saturated rings. The van der Waals surface area contributed by atoms with E-state index in [0.717, 1.165) is 27.8 Å². The molecule has 0 radical (unpaired) electrons. The topological polar surface area (TPSA) is 51.5 Å². The fourth-order valence-corrected chi connectivity index (χ4v) is 4.61. The lowest BCUT2D eigenvalue weighted by atomic mass is 10.0. The number of benzene rings is 2. The van der Waals surface area contributed by atoms with Gasteiger partial charge >= 0.3 is 0 Å². The third kappa shape index (κ3) is 2.49. The monoisotopic (exact) mass is 366 g/mol. The second-order valence-electron chi connectivity index (χ2n) is 6.13. The predicted octanol–water partition coefficient (Wildman–Crippen LogP) is 3.57. The highest BCUT2D eigenvalue weighted by Crippen LogP contribution is 2.42. The van der Waals surface area contributed by atoms with Crippen LogP contribution in [0.25, 0.3) is 10.9 Å². The molecule has 0 N–H and O–H groups in total. The average Bonchev–Trinajstić information content (AvgIpc) is 2.86. The Labute approximate surface area is 155 Å². The summed E-state index contributed by atoms with van der Waals surface area (Å²) in [4.78, 5) is 26.6. The second-order valence-corrected chi connectivity index (χ2v) is 7.09. The van der Waals surface area contributed by atoms with Gasteiger partial charge in [0.05, 0.1) is 17.9 Å². The minimum atomic E-state index is -0.675. The number of anilines is 1. The summed E-state index contributed by atoms with van der Waals surface area (Å²) in [5.74, 6) is 0.828.